The van der Waals surface area contributed by atoms with Crippen molar-refractivity contribution in [2.45, 2.75) is 33.1 Å². The van der Waals surface area contributed by atoms with Crippen molar-refractivity contribution in [3.05, 3.63) is 0 Å². The molecule has 18 heavy (non-hydrogen) atoms. The molecule has 0 aromatic rings. The number of carbonyl (C=O) groups is 1. The summed E-state index contributed by atoms with van der Waals surface area (Å²) in [4.78, 5) is 12.4. The molecule has 0 radical (unpaired) electrons. The largest absolute Gasteiger partial charge is 0.355 e. The van der Waals surface area contributed by atoms with E-state index >= 15 is 0 Å². The standard InChI is InChI=1S/C14H26N2OS/c1-14(2,12-4-3-6-15-9-12)13(17)16-8-11-5-7-18-10-11/h11-12,15H,3-10H2,1-2H3,(H,16,17). The lowest BCUT2D eigenvalue weighted by Gasteiger charge is -2.36. The Labute approximate surface area is 115 Å². The van der Waals surface area contributed by atoms with Gasteiger partial charge in [-0.05, 0) is 55.7 Å². The van der Waals surface area contributed by atoms with Gasteiger partial charge >= 0.3 is 0 Å². The number of rotatable bonds is 4. The molecule has 2 aliphatic heterocycles. The first-order chi connectivity index (χ1) is 8.60. The quantitative estimate of drug-likeness (QED) is 0.819. The third-order valence-electron chi connectivity index (χ3n) is 4.48. The van der Waals surface area contributed by atoms with Gasteiger partial charge in [0.1, 0.15) is 0 Å². The molecular weight excluding hydrogens is 244 g/mol. The minimum atomic E-state index is -0.237. The third-order valence-corrected chi connectivity index (χ3v) is 5.71. The normalized spacial score (nSPS) is 29.2. The van der Waals surface area contributed by atoms with Crippen LogP contribution in [0.4, 0.5) is 0 Å². The van der Waals surface area contributed by atoms with Crippen molar-refractivity contribution in [3.8, 4) is 0 Å². The Hall–Kier alpha value is -0.220. The second-order valence-corrected chi connectivity index (χ2v) is 7.35. The Morgan fingerprint density at radius 2 is 2.28 bits per heavy atom. The smallest absolute Gasteiger partial charge is 0.225 e. The summed E-state index contributed by atoms with van der Waals surface area (Å²) in [5.74, 6) is 3.89. The molecule has 0 aliphatic carbocycles. The molecule has 0 aromatic carbocycles. The van der Waals surface area contributed by atoms with E-state index in [-0.39, 0.29) is 11.3 Å². The van der Waals surface area contributed by atoms with Crippen LogP contribution in [0.2, 0.25) is 0 Å². The van der Waals surface area contributed by atoms with Gasteiger partial charge < -0.3 is 10.6 Å². The van der Waals surface area contributed by atoms with Crippen LogP contribution < -0.4 is 10.6 Å². The molecule has 3 nitrogen and oxygen atoms in total. The fourth-order valence-electron chi connectivity index (χ4n) is 2.86. The molecular formula is C14H26N2OS. The van der Waals surface area contributed by atoms with Crippen LogP contribution in [0.5, 0.6) is 0 Å². The topological polar surface area (TPSA) is 41.1 Å². The minimum Gasteiger partial charge on any atom is -0.355 e. The summed E-state index contributed by atoms with van der Waals surface area (Å²) >= 11 is 2.01. The zero-order chi connectivity index (χ0) is 13.0. The average Bonchev–Trinajstić information content (AvgIpc) is 2.90. The van der Waals surface area contributed by atoms with Gasteiger partial charge in [-0.3, -0.25) is 4.79 Å². The summed E-state index contributed by atoms with van der Waals surface area (Å²) in [6, 6.07) is 0. The Kier molecular flexibility index (Phi) is 4.96. The number of nitrogens with one attached hydrogen (secondary N) is 2. The first-order valence-corrected chi connectivity index (χ1v) is 8.33. The number of carbonyl (C=O) groups excluding carboxylic acids is 1. The monoisotopic (exact) mass is 270 g/mol. The van der Waals surface area contributed by atoms with Gasteiger partial charge in [-0.25, -0.2) is 0 Å². The maximum atomic E-state index is 12.4. The van der Waals surface area contributed by atoms with E-state index < -0.39 is 0 Å². The van der Waals surface area contributed by atoms with Crippen LogP contribution in [0.25, 0.3) is 0 Å². The van der Waals surface area contributed by atoms with Crippen LogP contribution in [0.15, 0.2) is 0 Å². The van der Waals surface area contributed by atoms with Crippen LogP contribution >= 0.6 is 11.8 Å². The Morgan fingerprint density at radius 1 is 1.44 bits per heavy atom. The van der Waals surface area contributed by atoms with E-state index in [1.807, 2.05) is 11.8 Å². The van der Waals surface area contributed by atoms with Crippen LogP contribution in [0.1, 0.15) is 33.1 Å². The van der Waals surface area contributed by atoms with Crippen molar-refractivity contribution in [3.63, 3.8) is 0 Å². The number of thioether (sulfide) groups is 1. The minimum absolute atomic E-state index is 0.237. The lowest BCUT2D eigenvalue weighted by molar-refractivity contribution is -0.132. The highest BCUT2D eigenvalue weighted by Gasteiger charge is 2.37. The predicted octanol–water partition coefficient (Wildman–Crippen LogP) is 1.88. The molecule has 2 N–H and O–H groups in total. The summed E-state index contributed by atoms with van der Waals surface area (Å²) in [6.45, 7) is 7.16. The fourth-order valence-corrected chi connectivity index (χ4v) is 4.15. The van der Waals surface area contributed by atoms with Gasteiger partial charge in [-0.2, -0.15) is 11.8 Å². The molecule has 0 bridgehead atoms. The Morgan fingerprint density at radius 3 is 2.89 bits per heavy atom. The molecule has 2 unspecified atom stereocenters. The lowest BCUT2D eigenvalue weighted by Crippen LogP contribution is -2.48. The highest BCUT2D eigenvalue weighted by Crippen LogP contribution is 2.32. The number of amides is 1. The zero-order valence-corrected chi connectivity index (χ0v) is 12.4. The molecule has 2 rings (SSSR count). The van der Waals surface area contributed by atoms with Crippen molar-refractivity contribution >= 4 is 17.7 Å². The van der Waals surface area contributed by atoms with E-state index in [0.29, 0.717) is 11.8 Å². The molecule has 2 heterocycles. The molecule has 2 saturated heterocycles. The van der Waals surface area contributed by atoms with Gasteiger partial charge in [-0.1, -0.05) is 13.8 Å². The van der Waals surface area contributed by atoms with Crippen molar-refractivity contribution in [1.29, 1.82) is 0 Å². The number of hydrogen-bond acceptors (Lipinski definition) is 3. The summed E-state index contributed by atoms with van der Waals surface area (Å²) in [7, 11) is 0. The molecule has 2 atom stereocenters. The zero-order valence-electron chi connectivity index (χ0n) is 11.6. The number of hydrogen-bond donors (Lipinski definition) is 2. The fraction of sp³-hybridized carbons (Fsp3) is 0.929. The highest BCUT2D eigenvalue weighted by atomic mass is 32.2. The summed E-state index contributed by atoms with van der Waals surface area (Å²) in [5, 5.41) is 6.59. The molecule has 2 aliphatic rings. The van der Waals surface area contributed by atoms with Crippen molar-refractivity contribution < 1.29 is 4.79 Å². The van der Waals surface area contributed by atoms with Crippen LogP contribution in [0.3, 0.4) is 0 Å². The summed E-state index contributed by atoms with van der Waals surface area (Å²) in [5.41, 5.74) is -0.237. The van der Waals surface area contributed by atoms with E-state index in [1.165, 1.54) is 30.8 Å². The molecule has 0 saturated carbocycles. The first kappa shape index (κ1) is 14.2. The van der Waals surface area contributed by atoms with Crippen LogP contribution in [-0.2, 0) is 4.79 Å². The van der Waals surface area contributed by atoms with Crippen LogP contribution in [0, 0.1) is 17.3 Å². The highest BCUT2D eigenvalue weighted by molar-refractivity contribution is 7.99. The lowest BCUT2D eigenvalue weighted by atomic mass is 9.74. The Balaban J connectivity index is 1.81. The summed E-state index contributed by atoms with van der Waals surface area (Å²) in [6.07, 6.45) is 3.63. The van der Waals surface area contributed by atoms with Gasteiger partial charge in [0.2, 0.25) is 5.91 Å². The molecule has 0 spiro atoms. The summed E-state index contributed by atoms with van der Waals surface area (Å²) < 4.78 is 0. The predicted molar refractivity (Wildman–Crippen MR) is 77.8 cm³/mol. The molecule has 2 fully saturated rings. The van der Waals surface area contributed by atoms with Crippen molar-refractivity contribution in [2.24, 2.45) is 17.3 Å². The van der Waals surface area contributed by atoms with E-state index in [4.69, 9.17) is 0 Å². The van der Waals surface area contributed by atoms with Gasteiger partial charge in [0.15, 0.2) is 0 Å². The average molecular weight is 270 g/mol. The van der Waals surface area contributed by atoms with E-state index in [0.717, 1.165) is 19.6 Å². The van der Waals surface area contributed by atoms with Crippen molar-refractivity contribution in [1.82, 2.24) is 10.6 Å². The van der Waals surface area contributed by atoms with Crippen LogP contribution in [-0.4, -0.2) is 37.0 Å². The van der Waals surface area contributed by atoms with Gasteiger partial charge in [-0.15, -0.1) is 0 Å². The number of piperidine rings is 1. The van der Waals surface area contributed by atoms with E-state index in [1.54, 1.807) is 0 Å². The van der Waals surface area contributed by atoms with Gasteiger partial charge in [0, 0.05) is 12.0 Å². The van der Waals surface area contributed by atoms with Gasteiger partial charge in [0.05, 0.1) is 0 Å². The maximum absolute atomic E-state index is 12.4. The van der Waals surface area contributed by atoms with Gasteiger partial charge in [0.25, 0.3) is 0 Å². The molecule has 4 heteroatoms. The maximum Gasteiger partial charge on any atom is 0.225 e. The molecule has 104 valence electrons. The SMILES string of the molecule is CC(C)(C(=O)NCC1CCSC1)C1CCCNC1. The van der Waals surface area contributed by atoms with E-state index in [9.17, 15) is 4.79 Å². The van der Waals surface area contributed by atoms with E-state index in [2.05, 4.69) is 24.5 Å². The second-order valence-electron chi connectivity index (χ2n) is 6.20. The third kappa shape index (κ3) is 3.41. The molecule has 0 aromatic heterocycles. The second kappa shape index (κ2) is 6.29. The molecule has 1 amide bonds. The Bertz CT molecular complexity index is 282. The first-order valence-electron chi connectivity index (χ1n) is 7.17. The van der Waals surface area contributed by atoms with Crippen molar-refractivity contribution in [2.75, 3.05) is 31.1 Å².